The molecule has 0 aromatic heterocycles. The van der Waals surface area contributed by atoms with Gasteiger partial charge in [-0.15, -0.1) is 0 Å². The van der Waals surface area contributed by atoms with E-state index >= 15 is 0 Å². The minimum absolute atomic E-state index is 0.997. The lowest BCUT2D eigenvalue weighted by atomic mass is 10.00. The zero-order chi connectivity index (χ0) is 13.3. The summed E-state index contributed by atoms with van der Waals surface area (Å²) in [5.41, 5.74) is 3.59. The molecule has 0 heteroatoms. The Kier molecular flexibility index (Phi) is 5.26. The Morgan fingerprint density at radius 2 is 1.58 bits per heavy atom. The van der Waals surface area contributed by atoms with Crippen LogP contribution in [0.4, 0.5) is 0 Å². The average Bonchev–Trinajstić information content (AvgIpc) is 2.48. The molecule has 0 aliphatic rings. The number of unbranched alkanes of at least 4 members (excludes halogenated alkanes) is 3. The monoisotopic (exact) mass is 248 g/mol. The summed E-state index contributed by atoms with van der Waals surface area (Å²) in [6.45, 7) is 2.22. The zero-order valence-corrected chi connectivity index (χ0v) is 11.5. The fourth-order valence-electron chi connectivity index (χ4n) is 2.08. The first-order valence-corrected chi connectivity index (χ1v) is 7.05. The third kappa shape index (κ3) is 4.00. The average molecular weight is 248 g/mol. The highest BCUT2D eigenvalue weighted by atomic mass is 14.0. The molecule has 2 aromatic rings. The fraction of sp³-hybridized carbons (Fsp3) is 0.263. The van der Waals surface area contributed by atoms with Crippen LogP contribution in [0.5, 0.6) is 0 Å². The van der Waals surface area contributed by atoms with Crippen LogP contribution in [0, 0.1) is 11.8 Å². The van der Waals surface area contributed by atoms with Gasteiger partial charge in [0.05, 0.1) is 0 Å². The van der Waals surface area contributed by atoms with E-state index in [1.54, 1.807) is 0 Å². The van der Waals surface area contributed by atoms with E-state index in [1.165, 1.54) is 30.4 Å². The predicted molar refractivity (Wildman–Crippen MR) is 82.9 cm³/mol. The molecule has 0 radical (unpaired) electrons. The summed E-state index contributed by atoms with van der Waals surface area (Å²) >= 11 is 0. The highest BCUT2D eigenvalue weighted by molar-refractivity contribution is 5.70. The van der Waals surface area contributed by atoms with E-state index in [4.69, 9.17) is 0 Å². The smallest absolute Gasteiger partial charge is 0.0323 e. The lowest BCUT2D eigenvalue weighted by Gasteiger charge is -2.04. The van der Waals surface area contributed by atoms with Crippen LogP contribution < -0.4 is 0 Å². The van der Waals surface area contributed by atoms with Gasteiger partial charge < -0.3 is 0 Å². The molecule has 2 aromatic carbocycles. The molecule has 0 spiro atoms. The molecule has 0 bridgehead atoms. The van der Waals surface area contributed by atoms with Crippen LogP contribution in [0.3, 0.4) is 0 Å². The third-order valence-corrected chi connectivity index (χ3v) is 3.14. The maximum Gasteiger partial charge on any atom is 0.0323 e. The predicted octanol–water partition coefficient (Wildman–Crippen LogP) is 5.29. The van der Waals surface area contributed by atoms with Gasteiger partial charge in [0, 0.05) is 12.0 Å². The number of benzene rings is 2. The Bertz CT molecular complexity index is 555. The van der Waals surface area contributed by atoms with Gasteiger partial charge in [0.2, 0.25) is 0 Å². The maximum atomic E-state index is 3.32. The van der Waals surface area contributed by atoms with Crippen molar-refractivity contribution in [2.24, 2.45) is 0 Å². The van der Waals surface area contributed by atoms with Crippen molar-refractivity contribution in [2.45, 2.75) is 32.6 Å². The third-order valence-electron chi connectivity index (χ3n) is 3.14. The first-order valence-electron chi connectivity index (χ1n) is 7.05. The van der Waals surface area contributed by atoms with Crippen molar-refractivity contribution >= 4 is 0 Å². The van der Waals surface area contributed by atoms with E-state index in [2.05, 4.69) is 67.3 Å². The van der Waals surface area contributed by atoms with Crippen molar-refractivity contribution in [3.05, 3.63) is 60.2 Å². The molecule has 0 aliphatic carbocycles. The van der Waals surface area contributed by atoms with Crippen molar-refractivity contribution in [3.63, 3.8) is 0 Å². The quantitative estimate of drug-likeness (QED) is 0.509. The van der Waals surface area contributed by atoms with E-state index in [-0.39, 0.29) is 0 Å². The van der Waals surface area contributed by atoms with Gasteiger partial charge in [0.15, 0.2) is 0 Å². The van der Waals surface area contributed by atoms with Gasteiger partial charge in [-0.1, -0.05) is 80.1 Å². The number of hydrogen-bond acceptors (Lipinski definition) is 0. The van der Waals surface area contributed by atoms with E-state index < -0.39 is 0 Å². The SMILES string of the molecule is CCCCCC#Cc1ccccc1-c1ccccc1. The molecule has 0 nitrogen and oxygen atoms in total. The van der Waals surface area contributed by atoms with E-state index in [0.29, 0.717) is 0 Å². The van der Waals surface area contributed by atoms with Crippen LogP contribution in [0.2, 0.25) is 0 Å². The van der Waals surface area contributed by atoms with Crippen LogP contribution in [-0.4, -0.2) is 0 Å². The molecule has 0 aliphatic heterocycles. The van der Waals surface area contributed by atoms with Crippen LogP contribution >= 0.6 is 0 Å². The Labute approximate surface area is 116 Å². The Balaban J connectivity index is 2.18. The van der Waals surface area contributed by atoms with E-state index in [9.17, 15) is 0 Å². The molecular weight excluding hydrogens is 228 g/mol. The van der Waals surface area contributed by atoms with Crippen LogP contribution in [0.1, 0.15) is 38.2 Å². The molecule has 0 atom stereocenters. The number of hydrogen-bond donors (Lipinski definition) is 0. The molecule has 0 amide bonds. The Morgan fingerprint density at radius 1 is 0.842 bits per heavy atom. The van der Waals surface area contributed by atoms with Gasteiger partial charge in [-0.25, -0.2) is 0 Å². The molecular formula is C19H20. The zero-order valence-electron chi connectivity index (χ0n) is 11.5. The first-order chi connectivity index (χ1) is 9.42. The van der Waals surface area contributed by atoms with Crippen molar-refractivity contribution < 1.29 is 0 Å². The topological polar surface area (TPSA) is 0 Å². The van der Waals surface area contributed by atoms with E-state index in [1.807, 2.05) is 6.07 Å². The lowest BCUT2D eigenvalue weighted by Crippen LogP contribution is -1.83. The molecule has 19 heavy (non-hydrogen) atoms. The van der Waals surface area contributed by atoms with E-state index in [0.717, 1.165) is 12.0 Å². The summed E-state index contributed by atoms with van der Waals surface area (Å²) in [5.74, 6) is 6.62. The summed E-state index contributed by atoms with van der Waals surface area (Å²) in [4.78, 5) is 0. The first kappa shape index (κ1) is 13.4. The molecule has 0 N–H and O–H groups in total. The summed E-state index contributed by atoms with van der Waals surface area (Å²) < 4.78 is 0. The van der Waals surface area contributed by atoms with Gasteiger partial charge in [-0.2, -0.15) is 0 Å². The van der Waals surface area contributed by atoms with Crippen LogP contribution in [-0.2, 0) is 0 Å². The molecule has 0 heterocycles. The second-order valence-electron chi connectivity index (χ2n) is 4.67. The normalized spacial score (nSPS) is 9.74. The highest BCUT2D eigenvalue weighted by Gasteiger charge is 2.00. The molecule has 96 valence electrons. The standard InChI is InChI=1S/C19H20/c1-2-3-4-5-7-12-18-15-10-11-16-19(18)17-13-8-6-9-14-17/h6,8-11,13-16H,2-5H2,1H3. The van der Waals surface area contributed by atoms with Crippen LogP contribution in [0.25, 0.3) is 11.1 Å². The Morgan fingerprint density at radius 3 is 2.37 bits per heavy atom. The van der Waals surface area contributed by atoms with Crippen LogP contribution in [0.15, 0.2) is 54.6 Å². The molecule has 0 saturated carbocycles. The molecule has 0 fully saturated rings. The minimum atomic E-state index is 0.997. The molecule has 0 saturated heterocycles. The lowest BCUT2D eigenvalue weighted by molar-refractivity contribution is 0.737. The van der Waals surface area contributed by atoms with Crippen molar-refractivity contribution in [1.82, 2.24) is 0 Å². The summed E-state index contributed by atoms with van der Waals surface area (Å²) in [5, 5.41) is 0. The minimum Gasteiger partial charge on any atom is -0.0979 e. The van der Waals surface area contributed by atoms with Gasteiger partial charge >= 0.3 is 0 Å². The van der Waals surface area contributed by atoms with Crippen molar-refractivity contribution in [3.8, 4) is 23.0 Å². The summed E-state index contributed by atoms with van der Waals surface area (Å²) in [7, 11) is 0. The second kappa shape index (κ2) is 7.44. The van der Waals surface area contributed by atoms with Crippen molar-refractivity contribution in [1.29, 1.82) is 0 Å². The fourth-order valence-corrected chi connectivity index (χ4v) is 2.08. The highest BCUT2D eigenvalue weighted by Crippen LogP contribution is 2.22. The van der Waals surface area contributed by atoms with Gasteiger partial charge in [-0.05, 0) is 23.6 Å². The summed E-state index contributed by atoms with van der Waals surface area (Å²) in [6, 6.07) is 18.8. The molecule has 0 unspecified atom stereocenters. The second-order valence-corrected chi connectivity index (χ2v) is 4.67. The van der Waals surface area contributed by atoms with Gasteiger partial charge in [0.25, 0.3) is 0 Å². The molecule has 2 rings (SSSR count). The largest absolute Gasteiger partial charge is 0.0979 e. The number of rotatable bonds is 4. The van der Waals surface area contributed by atoms with Crippen molar-refractivity contribution in [2.75, 3.05) is 0 Å². The maximum absolute atomic E-state index is 3.32. The van der Waals surface area contributed by atoms with Gasteiger partial charge in [0.1, 0.15) is 0 Å². The summed E-state index contributed by atoms with van der Waals surface area (Å²) in [6.07, 6.45) is 4.73. The van der Waals surface area contributed by atoms with Gasteiger partial charge in [-0.3, -0.25) is 0 Å². The Hall–Kier alpha value is -2.00.